The van der Waals surface area contributed by atoms with Crippen molar-refractivity contribution in [3.8, 4) is 0 Å². The van der Waals surface area contributed by atoms with Gasteiger partial charge in [-0.15, -0.1) is 11.3 Å². The van der Waals surface area contributed by atoms with Gasteiger partial charge in [-0.3, -0.25) is 0 Å². The summed E-state index contributed by atoms with van der Waals surface area (Å²) in [5, 5.41) is 10.2. The van der Waals surface area contributed by atoms with Crippen LogP contribution in [-0.2, 0) is 10.0 Å². The summed E-state index contributed by atoms with van der Waals surface area (Å²) in [6.07, 6.45) is 2.06. The molecule has 2 heterocycles. The maximum absolute atomic E-state index is 12.4. The third-order valence-corrected chi connectivity index (χ3v) is 6.86. The minimum absolute atomic E-state index is 0.258. The fraction of sp³-hybridized carbons (Fsp3) is 0.667. The van der Waals surface area contributed by atoms with Crippen molar-refractivity contribution < 1.29 is 13.5 Å². The quantitative estimate of drug-likeness (QED) is 0.917. The van der Waals surface area contributed by atoms with Crippen molar-refractivity contribution in [2.45, 2.75) is 37.2 Å². The van der Waals surface area contributed by atoms with E-state index in [0.717, 1.165) is 22.6 Å². The van der Waals surface area contributed by atoms with Crippen molar-refractivity contribution >= 4 is 21.4 Å². The maximum Gasteiger partial charge on any atom is 0.244 e. The van der Waals surface area contributed by atoms with Crippen molar-refractivity contribution in [1.82, 2.24) is 4.31 Å². The normalized spacial score (nSPS) is 23.9. The second-order valence-electron chi connectivity index (χ2n) is 5.43. The summed E-state index contributed by atoms with van der Waals surface area (Å²) in [5.74, 6) is 0.314. The Hall–Kier alpha value is -0.430. The molecule has 0 amide bonds. The Kier molecular flexibility index (Phi) is 2.65. The lowest BCUT2D eigenvalue weighted by Crippen LogP contribution is -2.64. The number of β-amino-alcohol motifs (C(OH)–C–C–N with tert-alkyl or cyclic N) is 1. The van der Waals surface area contributed by atoms with E-state index < -0.39 is 15.6 Å². The van der Waals surface area contributed by atoms with Crippen LogP contribution in [0, 0.1) is 19.8 Å². The van der Waals surface area contributed by atoms with Crippen molar-refractivity contribution in [3.05, 3.63) is 15.8 Å². The average molecular weight is 287 g/mol. The fourth-order valence-electron chi connectivity index (χ4n) is 2.62. The molecule has 2 fully saturated rings. The SMILES string of the molecule is Cc1cc(S(=O)(=O)N2CC(O)(C3CC3)C2)c(C)s1. The molecule has 18 heavy (non-hydrogen) atoms. The zero-order chi connectivity index (χ0) is 13.1. The predicted octanol–water partition coefficient (Wildman–Crippen LogP) is 1.51. The molecule has 100 valence electrons. The van der Waals surface area contributed by atoms with E-state index in [9.17, 15) is 13.5 Å². The van der Waals surface area contributed by atoms with E-state index in [4.69, 9.17) is 0 Å². The first-order chi connectivity index (χ1) is 8.33. The van der Waals surface area contributed by atoms with Crippen molar-refractivity contribution in [2.24, 2.45) is 5.92 Å². The molecule has 0 bridgehead atoms. The van der Waals surface area contributed by atoms with E-state index in [1.54, 1.807) is 6.07 Å². The Morgan fingerprint density at radius 3 is 2.44 bits per heavy atom. The Labute approximate surface area is 111 Å². The van der Waals surface area contributed by atoms with Gasteiger partial charge in [-0.1, -0.05) is 0 Å². The number of hydrogen-bond acceptors (Lipinski definition) is 4. The first-order valence-electron chi connectivity index (χ1n) is 6.12. The second-order valence-corrected chi connectivity index (χ2v) is 8.80. The van der Waals surface area contributed by atoms with Crippen LogP contribution in [0.1, 0.15) is 22.6 Å². The van der Waals surface area contributed by atoms with Gasteiger partial charge in [0.1, 0.15) is 0 Å². The summed E-state index contributed by atoms with van der Waals surface area (Å²) >= 11 is 1.50. The van der Waals surface area contributed by atoms with E-state index in [1.807, 2.05) is 13.8 Å². The van der Waals surface area contributed by atoms with Gasteiger partial charge in [0.25, 0.3) is 0 Å². The van der Waals surface area contributed by atoms with Gasteiger partial charge in [-0.2, -0.15) is 4.31 Å². The smallest absolute Gasteiger partial charge is 0.244 e. The first kappa shape index (κ1) is 12.6. The summed E-state index contributed by atoms with van der Waals surface area (Å²) in [7, 11) is -3.41. The molecule has 1 N–H and O–H groups in total. The van der Waals surface area contributed by atoms with Crippen molar-refractivity contribution in [3.63, 3.8) is 0 Å². The van der Waals surface area contributed by atoms with Gasteiger partial charge in [0.15, 0.2) is 0 Å². The van der Waals surface area contributed by atoms with E-state index in [1.165, 1.54) is 15.6 Å². The highest BCUT2D eigenvalue weighted by molar-refractivity contribution is 7.89. The van der Waals surface area contributed by atoms with Crippen LogP contribution in [0.3, 0.4) is 0 Å². The lowest BCUT2D eigenvalue weighted by Gasteiger charge is -2.45. The molecule has 1 aromatic rings. The third-order valence-electron chi connectivity index (χ3n) is 3.85. The largest absolute Gasteiger partial charge is 0.387 e. The molecule has 0 unspecified atom stereocenters. The number of rotatable bonds is 3. The topological polar surface area (TPSA) is 57.6 Å². The monoisotopic (exact) mass is 287 g/mol. The minimum Gasteiger partial charge on any atom is -0.387 e. The molecule has 1 aromatic heterocycles. The highest BCUT2D eigenvalue weighted by Gasteiger charge is 2.55. The molecule has 2 aliphatic rings. The third kappa shape index (κ3) is 1.82. The van der Waals surface area contributed by atoms with Gasteiger partial charge < -0.3 is 5.11 Å². The van der Waals surface area contributed by atoms with Crippen LogP contribution in [0.5, 0.6) is 0 Å². The first-order valence-corrected chi connectivity index (χ1v) is 8.38. The molecule has 0 spiro atoms. The molecular weight excluding hydrogens is 270 g/mol. The van der Waals surface area contributed by atoms with Gasteiger partial charge in [-0.25, -0.2) is 8.42 Å². The van der Waals surface area contributed by atoms with Crippen molar-refractivity contribution in [1.29, 1.82) is 0 Å². The molecule has 3 rings (SSSR count). The molecule has 0 aromatic carbocycles. The van der Waals surface area contributed by atoms with Crippen molar-refractivity contribution in [2.75, 3.05) is 13.1 Å². The fourth-order valence-corrected chi connectivity index (χ4v) is 5.70. The van der Waals surface area contributed by atoms with Gasteiger partial charge in [-0.05, 0) is 38.7 Å². The summed E-state index contributed by atoms with van der Waals surface area (Å²) in [5.41, 5.74) is -0.758. The van der Waals surface area contributed by atoms with Crippen LogP contribution in [0.25, 0.3) is 0 Å². The predicted molar refractivity (Wildman–Crippen MR) is 70.2 cm³/mol. The summed E-state index contributed by atoms with van der Waals surface area (Å²) in [6, 6.07) is 1.73. The van der Waals surface area contributed by atoms with Crippen LogP contribution >= 0.6 is 11.3 Å². The molecule has 4 nitrogen and oxygen atoms in total. The zero-order valence-corrected chi connectivity index (χ0v) is 12.1. The lowest BCUT2D eigenvalue weighted by atomic mass is 9.91. The van der Waals surface area contributed by atoms with Gasteiger partial charge in [0.2, 0.25) is 10.0 Å². The number of sulfonamides is 1. The Balaban J connectivity index is 1.82. The molecular formula is C12H17NO3S2. The number of thiophene rings is 1. The van der Waals surface area contributed by atoms with E-state index in [2.05, 4.69) is 0 Å². The highest BCUT2D eigenvalue weighted by atomic mass is 32.2. The van der Waals surface area contributed by atoms with Crippen LogP contribution in [0.2, 0.25) is 0 Å². The lowest BCUT2D eigenvalue weighted by molar-refractivity contribution is -0.0764. The number of hydrogen-bond donors (Lipinski definition) is 1. The second kappa shape index (κ2) is 3.79. The number of nitrogens with zero attached hydrogens (tertiary/aromatic N) is 1. The average Bonchev–Trinajstić information content (AvgIpc) is 3.00. The Morgan fingerprint density at radius 2 is 2.00 bits per heavy atom. The van der Waals surface area contributed by atoms with E-state index in [-0.39, 0.29) is 13.1 Å². The minimum atomic E-state index is -3.41. The Morgan fingerprint density at radius 1 is 1.39 bits per heavy atom. The molecule has 1 aliphatic carbocycles. The van der Waals surface area contributed by atoms with Gasteiger partial charge in [0.05, 0.1) is 10.5 Å². The van der Waals surface area contributed by atoms with Crippen LogP contribution < -0.4 is 0 Å². The molecule has 0 atom stereocenters. The van der Waals surface area contributed by atoms with E-state index in [0.29, 0.717) is 10.8 Å². The number of aliphatic hydroxyl groups is 1. The van der Waals surface area contributed by atoms with Gasteiger partial charge in [0, 0.05) is 22.8 Å². The number of aryl methyl sites for hydroxylation is 2. The molecule has 1 aliphatic heterocycles. The van der Waals surface area contributed by atoms with Gasteiger partial charge >= 0.3 is 0 Å². The summed E-state index contributed by atoms with van der Waals surface area (Å²) in [4.78, 5) is 2.24. The van der Waals surface area contributed by atoms with Crippen LogP contribution in [0.4, 0.5) is 0 Å². The Bertz CT molecular complexity index is 580. The molecule has 6 heteroatoms. The maximum atomic E-state index is 12.4. The molecule has 1 saturated carbocycles. The molecule has 1 saturated heterocycles. The van der Waals surface area contributed by atoms with Crippen LogP contribution in [0.15, 0.2) is 11.0 Å². The summed E-state index contributed by atoms with van der Waals surface area (Å²) in [6.45, 7) is 4.26. The highest BCUT2D eigenvalue weighted by Crippen LogP contribution is 2.46. The van der Waals surface area contributed by atoms with E-state index >= 15 is 0 Å². The zero-order valence-electron chi connectivity index (χ0n) is 10.5. The molecule has 0 radical (unpaired) electrons. The van der Waals surface area contributed by atoms with Crippen LogP contribution in [-0.4, -0.2) is 36.5 Å². The summed E-state index contributed by atoms with van der Waals surface area (Å²) < 4.78 is 26.2. The standard InChI is InChI=1S/C12H17NO3S2/c1-8-5-11(9(2)17-8)18(15,16)13-6-12(14,7-13)10-3-4-10/h5,10,14H,3-4,6-7H2,1-2H3.